The van der Waals surface area contributed by atoms with E-state index < -0.39 is 5.92 Å². The Morgan fingerprint density at radius 2 is 2.08 bits per heavy atom. The highest BCUT2D eigenvalue weighted by Crippen LogP contribution is 2.46. The topological polar surface area (TPSA) is 71.9 Å². The van der Waals surface area contributed by atoms with Crippen molar-refractivity contribution in [2.24, 2.45) is 0 Å². The first kappa shape index (κ1) is 15.7. The highest BCUT2D eigenvalue weighted by molar-refractivity contribution is 6.06. The Morgan fingerprint density at radius 3 is 2.88 bits per heavy atom. The maximum atomic E-state index is 13.1. The first-order valence-electron chi connectivity index (χ1n) is 8.59. The molecular formula is C19H20N2O4. The van der Waals surface area contributed by atoms with Crippen LogP contribution in [-0.2, 0) is 4.79 Å². The van der Waals surface area contributed by atoms with Crippen LogP contribution in [0.2, 0.25) is 0 Å². The number of anilines is 1. The van der Waals surface area contributed by atoms with E-state index in [9.17, 15) is 9.90 Å². The number of aromatic hydroxyl groups is 1. The van der Waals surface area contributed by atoms with Gasteiger partial charge in [-0.25, -0.2) is 0 Å². The van der Waals surface area contributed by atoms with Gasteiger partial charge < -0.3 is 19.5 Å². The molecule has 1 atom stereocenters. The van der Waals surface area contributed by atoms with Crippen LogP contribution in [0.15, 0.2) is 30.5 Å². The van der Waals surface area contributed by atoms with E-state index in [4.69, 9.17) is 9.47 Å². The van der Waals surface area contributed by atoms with Crippen molar-refractivity contribution in [3.05, 3.63) is 41.7 Å². The molecule has 1 N–H and O–H groups in total. The molecule has 0 spiro atoms. The number of ether oxygens (including phenoxy) is 2. The van der Waals surface area contributed by atoms with Gasteiger partial charge in [-0.05, 0) is 24.6 Å². The van der Waals surface area contributed by atoms with Crippen molar-refractivity contribution in [2.75, 3.05) is 18.2 Å². The van der Waals surface area contributed by atoms with Gasteiger partial charge in [0, 0.05) is 24.4 Å². The number of hydrogen-bond acceptors (Lipinski definition) is 5. The van der Waals surface area contributed by atoms with E-state index in [-0.39, 0.29) is 18.4 Å². The molecular weight excluding hydrogens is 320 g/mol. The fraction of sp³-hybridized carbons (Fsp3) is 0.368. The number of carbonyl (C=O) groups excluding carboxylic acids is 1. The van der Waals surface area contributed by atoms with Crippen LogP contribution in [0.25, 0.3) is 0 Å². The number of unbranched alkanes of at least 4 members (excludes halogenated alkanes) is 2. The lowest BCUT2D eigenvalue weighted by Gasteiger charge is -2.18. The molecule has 2 aromatic rings. The molecule has 0 radical (unpaired) electrons. The minimum Gasteiger partial charge on any atom is -0.507 e. The zero-order valence-electron chi connectivity index (χ0n) is 14.1. The van der Waals surface area contributed by atoms with Crippen molar-refractivity contribution >= 4 is 11.6 Å². The number of amides is 1. The van der Waals surface area contributed by atoms with Gasteiger partial charge in [-0.3, -0.25) is 9.78 Å². The lowest BCUT2D eigenvalue weighted by molar-refractivity contribution is -0.118. The summed E-state index contributed by atoms with van der Waals surface area (Å²) in [4.78, 5) is 19.3. The minimum atomic E-state index is -0.618. The quantitative estimate of drug-likeness (QED) is 0.847. The summed E-state index contributed by atoms with van der Waals surface area (Å²) in [5.74, 6) is 0.385. The summed E-state index contributed by atoms with van der Waals surface area (Å²) in [7, 11) is 0. The summed E-state index contributed by atoms with van der Waals surface area (Å²) >= 11 is 0. The van der Waals surface area contributed by atoms with Crippen molar-refractivity contribution in [2.45, 2.75) is 32.1 Å². The molecule has 2 aliphatic rings. The molecule has 6 nitrogen and oxygen atoms in total. The van der Waals surface area contributed by atoms with Crippen molar-refractivity contribution in [3.63, 3.8) is 0 Å². The van der Waals surface area contributed by atoms with Crippen molar-refractivity contribution in [3.8, 4) is 17.2 Å². The summed E-state index contributed by atoms with van der Waals surface area (Å²) in [6.45, 7) is 2.91. The molecule has 3 heterocycles. The number of rotatable bonds is 5. The summed E-state index contributed by atoms with van der Waals surface area (Å²) in [5, 5.41) is 10.4. The van der Waals surface area contributed by atoms with Gasteiger partial charge >= 0.3 is 0 Å². The number of phenols is 1. The second-order valence-corrected chi connectivity index (χ2v) is 6.30. The Hall–Kier alpha value is -2.76. The van der Waals surface area contributed by atoms with E-state index in [1.165, 1.54) is 6.07 Å². The first-order valence-corrected chi connectivity index (χ1v) is 8.59. The number of aromatic nitrogens is 1. The molecule has 25 heavy (non-hydrogen) atoms. The average Bonchev–Trinajstić information content (AvgIpc) is 3.17. The Bertz CT molecular complexity index is 821. The van der Waals surface area contributed by atoms with Gasteiger partial charge in [-0.1, -0.05) is 19.8 Å². The van der Waals surface area contributed by atoms with Gasteiger partial charge in [0.05, 0.1) is 11.4 Å². The number of hydrogen-bond donors (Lipinski definition) is 1. The molecule has 1 amide bonds. The third kappa shape index (κ3) is 2.58. The van der Waals surface area contributed by atoms with Crippen molar-refractivity contribution in [1.82, 2.24) is 4.98 Å². The SMILES string of the molecule is CCCCCN1C(=O)C(c2cc3c(cc2O)OCO3)c2ncccc21. The van der Waals surface area contributed by atoms with Crippen molar-refractivity contribution < 1.29 is 19.4 Å². The molecule has 0 bridgehead atoms. The van der Waals surface area contributed by atoms with Crippen molar-refractivity contribution in [1.29, 1.82) is 0 Å². The number of nitrogens with zero attached hydrogens (tertiary/aromatic N) is 2. The predicted molar refractivity (Wildman–Crippen MR) is 92.2 cm³/mol. The fourth-order valence-corrected chi connectivity index (χ4v) is 3.46. The van der Waals surface area contributed by atoms with E-state index in [0.717, 1.165) is 24.9 Å². The Balaban J connectivity index is 1.74. The maximum absolute atomic E-state index is 13.1. The number of benzene rings is 1. The zero-order valence-corrected chi connectivity index (χ0v) is 14.1. The minimum absolute atomic E-state index is 0.0228. The molecule has 0 aliphatic carbocycles. The smallest absolute Gasteiger partial charge is 0.240 e. The van der Waals surface area contributed by atoms with Gasteiger partial charge in [0.2, 0.25) is 12.7 Å². The maximum Gasteiger partial charge on any atom is 0.240 e. The molecule has 130 valence electrons. The number of phenolic OH excluding ortho intramolecular Hbond substituents is 1. The lowest BCUT2D eigenvalue weighted by Crippen LogP contribution is -2.30. The fourth-order valence-electron chi connectivity index (χ4n) is 3.46. The van der Waals surface area contributed by atoms with E-state index in [2.05, 4.69) is 11.9 Å². The largest absolute Gasteiger partial charge is 0.507 e. The molecule has 1 aromatic heterocycles. The van der Waals surface area contributed by atoms with E-state index in [1.807, 2.05) is 12.1 Å². The molecule has 0 saturated carbocycles. The van der Waals surface area contributed by atoms with E-state index in [0.29, 0.717) is 29.3 Å². The second-order valence-electron chi connectivity index (χ2n) is 6.30. The molecule has 0 fully saturated rings. The Morgan fingerprint density at radius 1 is 1.28 bits per heavy atom. The van der Waals surface area contributed by atoms with Gasteiger partial charge in [0.1, 0.15) is 11.7 Å². The third-order valence-electron chi connectivity index (χ3n) is 4.71. The molecule has 1 aromatic carbocycles. The normalized spacial score (nSPS) is 17.9. The Labute approximate surface area is 146 Å². The van der Waals surface area contributed by atoms with Crippen LogP contribution < -0.4 is 14.4 Å². The van der Waals surface area contributed by atoms with Gasteiger partial charge in [0.25, 0.3) is 0 Å². The summed E-state index contributed by atoms with van der Waals surface area (Å²) in [6, 6.07) is 6.94. The predicted octanol–water partition coefficient (Wildman–Crippen LogP) is 3.18. The van der Waals surface area contributed by atoms with Crippen LogP contribution in [0.4, 0.5) is 5.69 Å². The lowest BCUT2D eigenvalue weighted by atomic mass is 9.95. The molecule has 4 rings (SSSR count). The summed E-state index contributed by atoms with van der Waals surface area (Å²) < 4.78 is 10.7. The molecule has 2 aliphatic heterocycles. The molecule has 0 saturated heterocycles. The monoisotopic (exact) mass is 340 g/mol. The number of carbonyl (C=O) groups is 1. The van der Waals surface area contributed by atoms with Crippen LogP contribution in [0.3, 0.4) is 0 Å². The Kier molecular flexibility index (Phi) is 3.95. The zero-order chi connectivity index (χ0) is 17.4. The van der Waals surface area contributed by atoms with Crippen LogP contribution in [0, 0.1) is 0 Å². The number of pyridine rings is 1. The standard InChI is InChI=1S/C19H20N2O4/c1-2-3-4-8-21-13-6-5-7-20-18(13)17(19(21)23)12-9-15-16(10-14(12)22)25-11-24-15/h5-7,9-10,17,22H,2-4,8,11H2,1H3. The second kappa shape index (κ2) is 6.27. The number of fused-ring (bicyclic) bond motifs is 2. The van der Waals surface area contributed by atoms with Gasteiger partial charge in [-0.2, -0.15) is 0 Å². The van der Waals surface area contributed by atoms with E-state index in [1.54, 1.807) is 17.2 Å². The van der Waals surface area contributed by atoms with Crippen LogP contribution in [-0.4, -0.2) is 29.3 Å². The van der Waals surface area contributed by atoms with Gasteiger partial charge in [-0.15, -0.1) is 0 Å². The highest BCUT2D eigenvalue weighted by atomic mass is 16.7. The summed E-state index contributed by atoms with van der Waals surface area (Å²) in [5.41, 5.74) is 2.01. The first-order chi connectivity index (χ1) is 12.2. The molecule has 6 heteroatoms. The van der Waals surface area contributed by atoms with Crippen LogP contribution in [0.5, 0.6) is 17.2 Å². The highest BCUT2D eigenvalue weighted by Gasteiger charge is 2.41. The summed E-state index contributed by atoms with van der Waals surface area (Å²) in [6.07, 6.45) is 4.78. The van der Waals surface area contributed by atoms with Crippen LogP contribution >= 0.6 is 0 Å². The van der Waals surface area contributed by atoms with E-state index >= 15 is 0 Å². The van der Waals surface area contributed by atoms with Gasteiger partial charge in [0.15, 0.2) is 11.5 Å². The van der Waals surface area contributed by atoms with Crippen LogP contribution in [0.1, 0.15) is 43.4 Å². The molecule has 1 unspecified atom stereocenters. The third-order valence-corrected chi connectivity index (χ3v) is 4.71. The average molecular weight is 340 g/mol.